The van der Waals surface area contributed by atoms with Crippen LogP contribution in [0, 0.1) is 27.7 Å². The summed E-state index contributed by atoms with van der Waals surface area (Å²) < 4.78 is 5.70. The monoisotopic (exact) mass is 980 g/mol. The number of anilines is 2. The van der Waals surface area contributed by atoms with Crippen LogP contribution >= 0.6 is 0 Å². The summed E-state index contributed by atoms with van der Waals surface area (Å²) in [5.41, 5.74) is 1.45. The average molecular weight is 981 g/mol. The molecule has 6 unspecified atom stereocenters. The van der Waals surface area contributed by atoms with Gasteiger partial charge in [0, 0.05) is 62.3 Å². The van der Waals surface area contributed by atoms with Gasteiger partial charge in [0.25, 0.3) is 23.6 Å². The van der Waals surface area contributed by atoms with Gasteiger partial charge >= 0.3 is 0 Å². The Balaban J connectivity index is 2.57. The van der Waals surface area contributed by atoms with E-state index in [2.05, 4.69) is 21.3 Å². The van der Waals surface area contributed by atoms with Gasteiger partial charge in [0.15, 0.2) is 0 Å². The number of aliphatic hydroxyl groups excluding tert-OH is 10. The highest BCUT2D eigenvalue weighted by atomic mass is 16.5. The van der Waals surface area contributed by atoms with Crippen LogP contribution in [0.2, 0.25) is 0 Å². The Kier molecular flexibility index (Phi) is 24.7. The lowest BCUT2D eigenvalue weighted by Gasteiger charge is -2.32. The summed E-state index contributed by atoms with van der Waals surface area (Å²) in [6.07, 6.45) is -7.91. The molecule has 0 heterocycles. The number of aliphatic hydroxyl groups is 10. The highest BCUT2D eigenvalue weighted by Gasteiger charge is 2.33. The lowest BCUT2D eigenvalue weighted by molar-refractivity contribution is -0.117. The molecular weight excluding hydrogens is 909 g/mol. The van der Waals surface area contributed by atoms with Crippen LogP contribution in [-0.4, -0.2) is 202 Å². The van der Waals surface area contributed by atoms with E-state index in [1.165, 1.54) is 41.5 Å². The van der Waals surface area contributed by atoms with Crippen LogP contribution in [0.5, 0.6) is 0 Å². The van der Waals surface area contributed by atoms with Gasteiger partial charge in [-0.1, -0.05) is 13.8 Å². The fourth-order valence-corrected chi connectivity index (χ4v) is 7.98. The predicted octanol–water partition coefficient (Wildman–Crippen LogP) is -3.48. The van der Waals surface area contributed by atoms with Crippen molar-refractivity contribution in [3.63, 3.8) is 0 Å². The predicted molar refractivity (Wildman–Crippen MR) is 251 cm³/mol. The fraction of sp³-hybridized carbons (Fsp3) is 0.609. The first-order chi connectivity index (χ1) is 32.5. The van der Waals surface area contributed by atoms with E-state index in [1.807, 2.05) is 0 Å². The number of rotatable bonds is 28. The zero-order valence-electron chi connectivity index (χ0n) is 40.6. The van der Waals surface area contributed by atoms with Crippen molar-refractivity contribution in [2.45, 2.75) is 105 Å². The molecule has 2 rings (SSSR count). The van der Waals surface area contributed by atoms with Crippen molar-refractivity contribution in [1.29, 1.82) is 0 Å². The minimum atomic E-state index is -1.47. The first kappa shape index (κ1) is 59.9. The molecule has 6 atom stereocenters. The van der Waals surface area contributed by atoms with E-state index in [4.69, 9.17) is 4.74 Å². The molecule has 388 valence electrons. The Labute approximate surface area is 401 Å². The van der Waals surface area contributed by atoms with Gasteiger partial charge in [0.1, 0.15) is 0 Å². The standard InChI is InChI=1S/C46H72N6O17/c1-9-35-39(45(67)49-13-31(61)19-55)23(3)37(43(65)47-11-29(59)17-53)25(5)41(35)51(27(7)57)15-33(63)21-69-22-34(64)16-52(28(8)58)42-26(6)38(44(66)48-12-30(60)18-54)24(4)40(36(42)10-2)46(68)50-14-32(62)20-56/h29-34,53-56,59-64H,9-22H2,1-8H3,(H,47,65)(H,48,66)(H,49,67)(H,50,68). The molecule has 2 aromatic rings. The van der Waals surface area contributed by atoms with Crippen LogP contribution in [0.4, 0.5) is 11.4 Å². The molecule has 0 aliphatic carbocycles. The van der Waals surface area contributed by atoms with E-state index in [0.717, 1.165) is 9.80 Å². The van der Waals surface area contributed by atoms with Crippen molar-refractivity contribution >= 4 is 46.8 Å². The van der Waals surface area contributed by atoms with Crippen LogP contribution in [-0.2, 0) is 27.2 Å². The molecule has 0 saturated heterocycles. The smallest absolute Gasteiger partial charge is 0.252 e. The molecule has 0 fully saturated rings. The maximum absolute atomic E-state index is 13.7. The summed E-state index contributed by atoms with van der Waals surface area (Å²) in [6.45, 7) is 5.87. The van der Waals surface area contributed by atoms with Crippen molar-refractivity contribution in [2.75, 3.05) is 88.7 Å². The van der Waals surface area contributed by atoms with Gasteiger partial charge in [-0.3, -0.25) is 28.8 Å². The molecule has 14 N–H and O–H groups in total. The minimum absolute atomic E-state index is 0.0252. The Morgan fingerprint density at radius 2 is 0.710 bits per heavy atom. The highest BCUT2D eigenvalue weighted by molar-refractivity contribution is 6.09. The Morgan fingerprint density at radius 1 is 0.449 bits per heavy atom. The zero-order valence-corrected chi connectivity index (χ0v) is 40.6. The summed E-state index contributed by atoms with van der Waals surface area (Å²) in [6, 6.07) is 0. The number of carbonyl (C=O) groups excluding carboxylic acids is 6. The third kappa shape index (κ3) is 15.9. The second kappa shape index (κ2) is 28.5. The second-order valence-electron chi connectivity index (χ2n) is 16.7. The molecule has 0 aliphatic rings. The van der Waals surface area contributed by atoms with Crippen LogP contribution in [0.3, 0.4) is 0 Å². The molecule has 2 aromatic carbocycles. The summed E-state index contributed by atoms with van der Waals surface area (Å²) in [7, 11) is 0. The van der Waals surface area contributed by atoms with E-state index < -0.39 is 125 Å². The minimum Gasteiger partial charge on any atom is -0.394 e. The van der Waals surface area contributed by atoms with Gasteiger partial charge in [0.2, 0.25) is 11.8 Å². The van der Waals surface area contributed by atoms with Gasteiger partial charge in [-0.15, -0.1) is 0 Å². The summed E-state index contributed by atoms with van der Waals surface area (Å²) in [4.78, 5) is 83.9. The van der Waals surface area contributed by atoms with Gasteiger partial charge < -0.3 is 86.9 Å². The summed E-state index contributed by atoms with van der Waals surface area (Å²) in [5, 5.41) is 110. The number of hydrogen-bond donors (Lipinski definition) is 14. The Hall–Kier alpha value is -5.18. The number of carbonyl (C=O) groups is 6. The lowest BCUT2D eigenvalue weighted by atomic mass is 9.87. The molecule has 0 saturated carbocycles. The molecule has 69 heavy (non-hydrogen) atoms. The van der Waals surface area contributed by atoms with Gasteiger partial charge in [-0.25, -0.2) is 0 Å². The normalized spacial score (nSPS) is 13.9. The van der Waals surface area contributed by atoms with E-state index >= 15 is 0 Å². The van der Waals surface area contributed by atoms with E-state index in [9.17, 15) is 79.8 Å². The van der Waals surface area contributed by atoms with E-state index in [-0.39, 0.29) is 94.9 Å². The first-order valence-corrected chi connectivity index (χ1v) is 22.6. The maximum Gasteiger partial charge on any atom is 0.252 e. The SMILES string of the molecule is CCc1c(C(=O)NCC(O)CO)c(C)c(C(=O)NCC(O)CO)c(C)c1N(CC(O)COCC(O)CN(C(C)=O)c1c(C)c(C(=O)NCC(O)CO)c(C)c(C(=O)NCC(O)CO)c1CC)C(C)=O. The fourth-order valence-electron chi connectivity index (χ4n) is 7.98. The van der Waals surface area contributed by atoms with Crippen molar-refractivity contribution in [1.82, 2.24) is 21.3 Å². The van der Waals surface area contributed by atoms with Gasteiger partial charge in [0.05, 0.1) is 101 Å². The molecule has 6 amide bonds. The summed E-state index contributed by atoms with van der Waals surface area (Å²) in [5.74, 6) is -4.24. The number of nitrogens with zero attached hydrogens (tertiary/aromatic N) is 2. The van der Waals surface area contributed by atoms with Crippen LogP contribution < -0.4 is 31.1 Å². The number of ether oxygens (including phenoxy) is 1. The van der Waals surface area contributed by atoms with Crippen LogP contribution in [0.1, 0.15) is 103 Å². The van der Waals surface area contributed by atoms with Crippen molar-refractivity contribution in [3.05, 3.63) is 55.6 Å². The third-order valence-corrected chi connectivity index (χ3v) is 11.3. The van der Waals surface area contributed by atoms with E-state index in [1.54, 1.807) is 13.8 Å². The highest BCUT2D eigenvalue weighted by Crippen LogP contribution is 2.37. The molecule has 0 spiro atoms. The molecule has 0 bridgehead atoms. The Morgan fingerprint density at radius 3 is 0.942 bits per heavy atom. The van der Waals surface area contributed by atoms with Crippen LogP contribution in [0.25, 0.3) is 0 Å². The molecular formula is C46H72N6O17. The van der Waals surface area contributed by atoms with Gasteiger partial charge in [-0.2, -0.15) is 0 Å². The third-order valence-electron chi connectivity index (χ3n) is 11.3. The maximum atomic E-state index is 13.7. The molecule has 0 aliphatic heterocycles. The Bertz CT molecular complexity index is 1970. The van der Waals surface area contributed by atoms with E-state index in [0.29, 0.717) is 11.1 Å². The van der Waals surface area contributed by atoms with Crippen LogP contribution in [0.15, 0.2) is 0 Å². The van der Waals surface area contributed by atoms with Crippen molar-refractivity contribution in [3.8, 4) is 0 Å². The largest absolute Gasteiger partial charge is 0.394 e. The lowest BCUT2D eigenvalue weighted by Crippen LogP contribution is -2.42. The number of nitrogens with one attached hydrogen (secondary N) is 4. The molecule has 0 radical (unpaired) electrons. The molecule has 0 aromatic heterocycles. The number of hydrogen-bond acceptors (Lipinski definition) is 17. The van der Waals surface area contributed by atoms with Gasteiger partial charge in [-0.05, 0) is 73.9 Å². The van der Waals surface area contributed by atoms with Crippen molar-refractivity contribution in [2.24, 2.45) is 0 Å². The molecule has 23 nitrogen and oxygen atoms in total. The van der Waals surface area contributed by atoms with Crippen molar-refractivity contribution < 1.29 is 84.6 Å². The number of amides is 6. The topological polar surface area (TPSA) is 369 Å². The zero-order chi connectivity index (χ0) is 52.4. The number of benzene rings is 2. The second-order valence-corrected chi connectivity index (χ2v) is 16.7. The average Bonchev–Trinajstić information content (AvgIpc) is 3.31. The first-order valence-electron chi connectivity index (χ1n) is 22.6. The summed E-state index contributed by atoms with van der Waals surface area (Å²) >= 11 is 0. The molecule has 23 heteroatoms. The quantitative estimate of drug-likeness (QED) is 0.0394.